The average molecular weight is 142 g/mol. The highest BCUT2D eigenvalue weighted by molar-refractivity contribution is 4.84. The maximum Gasteiger partial charge on any atom is 0.0540 e. The van der Waals surface area contributed by atoms with Crippen LogP contribution in [-0.4, -0.2) is 11.2 Å². The van der Waals surface area contributed by atoms with Gasteiger partial charge in [0.2, 0.25) is 0 Å². The van der Waals surface area contributed by atoms with Crippen LogP contribution in [-0.2, 0) is 0 Å². The van der Waals surface area contributed by atoms with Crippen LogP contribution in [0.1, 0.15) is 40.0 Å². The molecule has 2 atom stereocenters. The van der Waals surface area contributed by atoms with Gasteiger partial charge in [-0.15, -0.1) is 0 Å². The van der Waals surface area contributed by atoms with Gasteiger partial charge in [-0.2, -0.15) is 0 Å². The van der Waals surface area contributed by atoms with E-state index >= 15 is 0 Å². The lowest BCUT2D eigenvalue weighted by Crippen LogP contribution is -2.15. The molecule has 10 heavy (non-hydrogen) atoms. The van der Waals surface area contributed by atoms with E-state index in [0.717, 1.165) is 0 Å². The van der Waals surface area contributed by atoms with Crippen LogP contribution in [0, 0.1) is 11.3 Å². The van der Waals surface area contributed by atoms with Crippen molar-refractivity contribution < 1.29 is 5.11 Å². The van der Waals surface area contributed by atoms with Crippen LogP contribution in [0.5, 0.6) is 0 Å². The highest BCUT2D eigenvalue weighted by atomic mass is 16.3. The molecule has 1 aliphatic rings. The molecule has 0 aromatic heterocycles. The highest BCUT2D eigenvalue weighted by Crippen LogP contribution is 2.42. The Balaban J connectivity index is 2.43. The minimum atomic E-state index is -0.0956. The summed E-state index contributed by atoms with van der Waals surface area (Å²) in [6, 6.07) is 0. The van der Waals surface area contributed by atoms with Crippen molar-refractivity contribution in [1.82, 2.24) is 0 Å². The van der Waals surface area contributed by atoms with Crippen LogP contribution >= 0.6 is 0 Å². The maximum atomic E-state index is 9.28. The smallest absolute Gasteiger partial charge is 0.0540 e. The lowest BCUT2D eigenvalue weighted by atomic mass is 9.89. The van der Waals surface area contributed by atoms with Crippen LogP contribution < -0.4 is 0 Å². The lowest BCUT2D eigenvalue weighted by molar-refractivity contribution is 0.122. The summed E-state index contributed by atoms with van der Waals surface area (Å²) in [6.45, 7) is 6.48. The molecule has 1 saturated carbocycles. The van der Waals surface area contributed by atoms with Crippen molar-refractivity contribution in [1.29, 1.82) is 0 Å². The average Bonchev–Trinajstić information content (AvgIpc) is 2.10. The molecular formula is C9H18O. The molecule has 1 nitrogen and oxygen atoms in total. The van der Waals surface area contributed by atoms with Crippen molar-refractivity contribution in [2.75, 3.05) is 0 Å². The van der Waals surface area contributed by atoms with Gasteiger partial charge in [0, 0.05) is 0 Å². The van der Waals surface area contributed by atoms with E-state index in [1.165, 1.54) is 19.3 Å². The third-order valence-corrected chi connectivity index (χ3v) is 2.69. The summed E-state index contributed by atoms with van der Waals surface area (Å²) < 4.78 is 0. The van der Waals surface area contributed by atoms with E-state index in [2.05, 4.69) is 13.8 Å². The second kappa shape index (κ2) is 2.54. The maximum absolute atomic E-state index is 9.28. The van der Waals surface area contributed by atoms with Crippen LogP contribution in [0.15, 0.2) is 0 Å². The predicted molar refractivity (Wildman–Crippen MR) is 42.8 cm³/mol. The zero-order valence-corrected chi connectivity index (χ0v) is 7.22. The first-order chi connectivity index (χ1) is 4.51. The van der Waals surface area contributed by atoms with E-state index in [0.29, 0.717) is 11.3 Å². The van der Waals surface area contributed by atoms with E-state index in [4.69, 9.17) is 0 Å². The van der Waals surface area contributed by atoms with Gasteiger partial charge in [-0.1, -0.05) is 13.8 Å². The minimum absolute atomic E-state index is 0.0956. The van der Waals surface area contributed by atoms with Crippen LogP contribution in [0.3, 0.4) is 0 Å². The van der Waals surface area contributed by atoms with E-state index in [-0.39, 0.29) is 6.10 Å². The Hall–Kier alpha value is -0.0400. The molecule has 1 heteroatoms. The van der Waals surface area contributed by atoms with Gasteiger partial charge in [-0.3, -0.25) is 0 Å². The highest BCUT2D eigenvalue weighted by Gasteiger charge is 2.32. The quantitative estimate of drug-likeness (QED) is 0.595. The molecule has 0 amide bonds. The third-order valence-electron chi connectivity index (χ3n) is 2.69. The van der Waals surface area contributed by atoms with Crippen molar-refractivity contribution >= 4 is 0 Å². The predicted octanol–water partition coefficient (Wildman–Crippen LogP) is 2.19. The zero-order valence-electron chi connectivity index (χ0n) is 7.22. The largest absolute Gasteiger partial charge is 0.393 e. The number of hydrogen-bond donors (Lipinski definition) is 1. The standard InChI is InChI=1S/C9H18O/c1-7(10)8-4-5-9(2,3)6-8/h7-8,10H,4-6H2,1-3H3/t7-,8?/m0/s1. The van der Waals surface area contributed by atoms with E-state index in [1.54, 1.807) is 0 Å². The van der Waals surface area contributed by atoms with Crippen LogP contribution in [0.2, 0.25) is 0 Å². The summed E-state index contributed by atoms with van der Waals surface area (Å²) in [4.78, 5) is 0. The Morgan fingerprint density at radius 1 is 1.50 bits per heavy atom. The molecule has 0 radical (unpaired) electrons. The van der Waals surface area contributed by atoms with Gasteiger partial charge in [0.1, 0.15) is 0 Å². The van der Waals surface area contributed by atoms with E-state index < -0.39 is 0 Å². The van der Waals surface area contributed by atoms with Crippen molar-refractivity contribution in [3.63, 3.8) is 0 Å². The number of hydrogen-bond acceptors (Lipinski definition) is 1. The Morgan fingerprint density at radius 3 is 2.30 bits per heavy atom. The number of aliphatic hydroxyl groups is 1. The van der Waals surface area contributed by atoms with Gasteiger partial charge in [-0.25, -0.2) is 0 Å². The van der Waals surface area contributed by atoms with Crippen LogP contribution in [0.4, 0.5) is 0 Å². The van der Waals surface area contributed by atoms with Gasteiger partial charge in [-0.05, 0) is 37.5 Å². The Bertz CT molecular complexity index is 116. The molecule has 0 aromatic rings. The Kier molecular flexibility index (Phi) is 2.04. The molecule has 1 unspecified atom stereocenters. The first kappa shape index (κ1) is 8.06. The van der Waals surface area contributed by atoms with E-state index in [9.17, 15) is 5.11 Å². The summed E-state index contributed by atoms with van der Waals surface area (Å²) in [5.41, 5.74) is 0.488. The molecule has 0 aromatic carbocycles. The van der Waals surface area contributed by atoms with E-state index in [1.807, 2.05) is 6.92 Å². The Labute approximate surface area is 63.4 Å². The third kappa shape index (κ3) is 1.72. The van der Waals surface area contributed by atoms with Crippen molar-refractivity contribution in [3.8, 4) is 0 Å². The van der Waals surface area contributed by atoms with Crippen molar-refractivity contribution in [2.24, 2.45) is 11.3 Å². The van der Waals surface area contributed by atoms with Gasteiger partial charge in [0.15, 0.2) is 0 Å². The number of rotatable bonds is 1. The fraction of sp³-hybridized carbons (Fsp3) is 1.00. The summed E-state index contributed by atoms with van der Waals surface area (Å²) in [5.74, 6) is 0.565. The first-order valence-corrected chi connectivity index (χ1v) is 4.19. The molecule has 1 fully saturated rings. The summed E-state index contributed by atoms with van der Waals surface area (Å²) >= 11 is 0. The SMILES string of the molecule is C[C@H](O)C1CCC(C)(C)C1. The molecule has 1 aliphatic carbocycles. The number of aliphatic hydroxyl groups excluding tert-OH is 1. The van der Waals surface area contributed by atoms with Crippen molar-refractivity contribution in [2.45, 2.75) is 46.1 Å². The molecule has 0 bridgehead atoms. The summed E-state index contributed by atoms with van der Waals surface area (Å²) in [6.07, 6.45) is 3.60. The van der Waals surface area contributed by atoms with Gasteiger partial charge in [0.05, 0.1) is 6.10 Å². The fourth-order valence-electron chi connectivity index (χ4n) is 1.90. The first-order valence-electron chi connectivity index (χ1n) is 4.19. The fourth-order valence-corrected chi connectivity index (χ4v) is 1.90. The zero-order chi connectivity index (χ0) is 7.78. The second-order valence-corrected chi connectivity index (χ2v) is 4.41. The second-order valence-electron chi connectivity index (χ2n) is 4.41. The molecule has 1 rings (SSSR count). The summed E-state index contributed by atoms with van der Waals surface area (Å²) in [5, 5.41) is 9.28. The van der Waals surface area contributed by atoms with Crippen molar-refractivity contribution in [3.05, 3.63) is 0 Å². The molecule has 0 spiro atoms. The lowest BCUT2D eigenvalue weighted by Gasteiger charge is -2.18. The monoisotopic (exact) mass is 142 g/mol. The van der Waals surface area contributed by atoms with Gasteiger partial charge < -0.3 is 5.11 Å². The molecule has 0 heterocycles. The molecule has 0 aliphatic heterocycles. The molecular weight excluding hydrogens is 124 g/mol. The van der Waals surface area contributed by atoms with Crippen LogP contribution in [0.25, 0.3) is 0 Å². The molecule has 1 N–H and O–H groups in total. The van der Waals surface area contributed by atoms with Gasteiger partial charge in [0.25, 0.3) is 0 Å². The van der Waals surface area contributed by atoms with Gasteiger partial charge >= 0.3 is 0 Å². The molecule has 60 valence electrons. The Morgan fingerprint density at radius 2 is 2.10 bits per heavy atom. The molecule has 0 saturated heterocycles. The topological polar surface area (TPSA) is 20.2 Å². The summed E-state index contributed by atoms with van der Waals surface area (Å²) in [7, 11) is 0. The minimum Gasteiger partial charge on any atom is -0.393 e. The normalized spacial score (nSPS) is 34.2.